The predicted octanol–water partition coefficient (Wildman–Crippen LogP) is 3.59. The van der Waals surface area contributed by atoms with Crippen molar-refractivity contribution in [3.63, 3.8) is 0 Å². The average Bonchev–Trinajstić information content (AvgIpc) is 2.87. The van der Waals surface area contributed by atoms with Crippen LogP contribution in [0.3, 0.4) is 0 Å². The van der Waals surface area contributed by atoms with Crippen LogP contribution < -0.4 is 0 Å². The first-order chi connectivity index (χ1) is 9.08. The number of halogens is 2. The Hall–Kier alpha value is -2.14. The van der Waals surface area contributed by atoms with Gasteiger partial charge in [-0.1, -0.05) is 11.6 Å². The second-order valence-electron chi connectivity index (χ2n) is 4.04. The van der Waals surface area contributed by atoms with Crippen molar-refractivity contribution in [3.05, 3.63) is 47.2 Å². The van der Waals surface area contributed by atoms with Crippen LogP contribution in [0.2, 0.25) is 5.02 Å². The summed E-state index contributed by atoms with van der Waals surface area (Å²) in [6.07, 6.45) is 3.03. The molecule has 0 fully saturated rings. The Morgan fingerprint density at radius 2 is 2.26 bits per heavy atom. The molecular formula is C13H8ClFN2O2. The lowest BCUT2D eigenvalue weighted by atomic mass is 10.1. The van der Waals surface area contributed by atoms with Gasteiger partial charge in [-0.15, -0.1) is 0 Å². The molecule has 0 atom stereocenters. The molecule has 19 heavy (non-hydrogen) atoms. The minimum absolute atomic E-state index is 0.177. The Balaban J connectivity index is 2.32. The lowest BCUT2D eigenvalue weighted by Gasteiger charge is -2.03. The Morgan fingerprint density at radius 3 is 2.95 bits per heavy atom. The van der Waals surface area contributed by atoms with Gasteiger partial charge in [0, 0.05) is 18.7 Å². The van der Waals surface area contributed by atoms with Gasteiger partial charge in [0.05, 0.1) is 5.02 Å². The van der Waals surface area contributed by atoms with Crippen molar-refractivity contribution in [2.75, 3.05) is 0 Å². The number of hydrogen-bond donors (Lipinski definition) is 0. The molecule has 0 N–H and O–H groups in total. The second-order valence-corrected chi connectivity index (χ2v) is 4.45. The highest BCUT2D eigenvalue weighted by molar-refractivity contribution is 6.33. The molecule has 0 saturated carbocycles. The Bertz CT molecular complexity index is 791. The van der Waals surface area contributed by atoms with Crippen molar-refractivity contribution < 1.29 is 13.6 Å². The number of nitrogens with zero attached hydrogens (tertiary/aromatic N) is 2. The molecule has 2 heterocycles. The zero-order valence-corrected chi connectivity index (χ0v) is 10.6. The molecule has 3 rings (SSSR count). The lowest BCUT2D eigenvalue weighted by molar-refractivity contribution is 0.101. The summed E-state index contributed by atoms with van der Waals surface area (Å²) >= 11 is 6.00. The summed E-state index contributed by atoms with van der Waals surface area (Å²) in [6.45, 7) is 1.43. The second kappa shape index (κ2) is 4.20. The molecule has 2 aromatic heterocycles. The molecule has 4 nitrogen and oxygen atoms in total. The monoisotopic (exact) mass is 278 g/mol. The van der Waals surface area contributed by atoms with Gasteiger partial charge in [-0.05, 0) is 18.2 Å². The minimum Gasteiger partial charge on any atom is -0.432 e. The van der Waals surface area contributed by atoms with Crippen molar-refractivity contribution in [2.24, 2.45) is 0 Å². The van der Waals surface area contributed by atoms with Crippen molar-refractivity contribution in [1.29, 1.82) is 0 Å². The SMILES string of the molecule is CC(=O)c1c(-c2ccc(F)cc2Cl)nc2occn12. The zero-order valence-electron chi connectivity index (χ0n) is 9.85. The first-order valence-corrected chi connectivity index (χ1v) is 5.87. The van der Waals surface area contributed by atoms with Gasteiger partial charge in [0.25, 0.3) is 0 Å². The van der Waals surface area contributed by atoms with Gasteiger partial charge in [-0.3, -0.25) is 9.20 Å². The maximum atomic E-state index is 13.1. The third-order valence-corrected chi connectivity index (χ3v) is 3.09. The molecule has 0 amide bonds. The normalized spacial score (nSPS) is 11.1. The smallest absolute Gasteiger partial charge is 0.306 e. The highest BCUT2D eigenvalue weighted by atomic mass is 35.5. The van der Waals surface area contributed by atoms with Crippen LogP contribution >= 0.6 is 11.6 Å². The molecule has 0 saturated heterocycles. The molecule has 3 aromatic rings. The van der Waals surface area contributed by atoms with Crippen molar-refractivity contribution >= 4 is 23.2 Å². The minimum atomic E-state index is -0.443. The third kappa shape index (κ3) is 1.82. The molecule has 0 aliphatic rings. The molecule has 0 aliphatic heterocycles. The molecule has 1 aromatic carbocycles. The van der Waals surface area contributed by atoms with Crippen LogP contribution in [0.25, 0.3) is 17.1 Å². The number of carbonyl (C=O) groups excluding carboxylic acids is 1. The van der Waals surface area contributed by atoms with Crippen LogP contribution in [0.4, 0.5) is 4.39 Å². The van der Waals surface area contributed by atoms with Crippen molar-refractivity contribution in [3.8, 4) is 11.3 Å². The van der Waals surface area contributed by atoms with Gasteiger partial charge in [0.15, 0.2) is 5.78 Å². The van der Waals surface area contributed by atoms with E-state index in [0.717, 1.165) is 0 Å². The van der Waals surface area contributed by atoms with Crippen LogP contribution in [-0.2, 0) is 0 Å². The fourth-order valence-corrected chi connectivity index (χ4v) is 2.25. The molecule has 96 valence electrons. The van der Waals surface area contributed by atoms with Crippen LogP contribution in [-0.4, -0.2) is 15.2 Å². The van der Waals surface area contributed by atoms with Crippen LogP contribution in [0.15, 0.2) is 35.1 Å². The van der Waals surface area contributed by atoms with Crippen LogP contribution in [0.5, 0.6) is 0 Å². The van der Waals surface area contributed by atoms with Gasteiger partial charge < -0.3 is 4.42 Å². The maximum Gasteiger partial charge on any atom is 0.306 e. The Kier molecular flexibility index (Phi) is 2.64. The van der Waals surface area contributed by atoms with E-state index in [4.69, 9.17) is 16.0 Å². The fourth-order valence-electron chi connectivity index (χ4n) is 1.99. The van der Waals surface area contributed by atoms with E-state index in [2.05, 4.69) is 4.98 Å². The number of Topliss-reactive ketones (excluding diaryl/α,β-unsaturated/α-hetero) is 1. The predicted molar refractivity (Wildman–Crippen MR) is 67.9 cm³/mol. The standard InChI is InChI=1S/C13H8ClFN2O2/c1-7(18)12-11(16-13-17(12)4-5-19-13)9-3-2-8(15)6-10(9)14/h2-6H,1H3. The van der Waals surface area contributed by atoms with Gasteiger partial charge in [-0.25, -0.2) is 4.39 Å². The van der Waals surface area contributed by atoms with E-state index in [1.165, 1.54) is 35.8 Å². The number of aromatic nitrogens is 2. The summed E-state index contributed by atoms with van der Waals surface area (Å²) in [5, 5.41) is 0.197. The summed E-state index contributed by atoms with van der Waals surface area (Å²) in [6, 6.07) is 3.94. The van der Waals surface area contributed by atoms with E-state index < -0.39 is 5.82 Å². The average molecular weight is 279 g/mol. The maximum absolute atomic E-state index is 13.1. The number of ketones is 1. The van der Waals surface area contributed by atoms with Gasteiger partial charge in [0.1, 0.15) is 23.5 Å². The van der Waals surface area contributed by atoms with E-state index in [1.54, 1.807) is 6.20 Å². The topological polar surface area (TPSA) is 47.5 Å². The van der Waals surface area contributed by atoms with E-state index in [-0.39, 0.29) is 10.8 Å². The largest absolute Gasteiger partial charge is 0.432 e. The van der Waals surface area contributed by atoms with E-state index in [0.29, 0.717) is 22.8 Å². The number of oxazole rings is 1. The molecule has 6 heteroatoms. The van der Waals surface area contributed by atoms with E-state index in [9.17, 15) is 9.18 Å². The number of imidazole rings is 1. The van der Waals surface area contributed by atoms with Crippen LogP contribution in [0, 0.1) is 5.82 Å². The zero-order chi connectivity index (χ0) is 13.6. The summed E-state index contributed by atoms with van der Waals surface area (Å²) in [5.41, 5.74) is 1.24. The van der Waals surface area contributed by atoms with Gasteiger partial charge >= 0.3 is 5.84 Å². The summed E-state index contributed by atoms with van der Waals surface area (Å²) in [7, 11) is 0. The molecule has 0 aliphatic carbocycles. The van der Waals surface area contributed by atoms with E-state index in [1.807, 2.05) is 0 Å². The summed E-state index contributed by atoms with van der Waals surface area (Å²) in [4.78, 5) is 16.0. The summed E-state index contributed by atoms with van der Waals surface area (Å²) < 4.78 is 19.8. The highest BCUT2D eigenvalue weighted by Gasteiger charge is 2.21. The first kappa shape index (κ1) is 11.9. The quantitative estimate of drug-likeness (QED) is 0.673. The van der Waals surface area contributed by atoms with Gasteiger partial charge in [-0.2, -0.15) is 4.98 Å². The molecule has 0 spiro atoms. The molecule has 0 unspecified atom stereocenters. The Morgan fingerprint density at radius 1 is 1.47 bits per heavy atom. The van der Waals surface area contributed by atoms with Gasteiger partial charge in [0.2, 0.25) is 0 Å². The summed E-state index contributed by atoms with van der Waals surface area (Å²) in [5.74, 6) is -0.328. The van der Waals surface area contributed by atoms with Crippen molar-refractivity contribution in [2.45, 2.75) is 6.92 Å². The number of hydrogen-bond acceptors (Lipinski definition) is 3. The number of fused-ring (bicyclic) bond motifs is 1. The highest BCUT2D eigenvalue weighted by Crippen LogP contribution is 2.31. The van der Waals surface area contributed by atoms with Crippen LogP contribution in [0.1, 0.15) is 17.4 Å². The first-order valence-electron chi connectivity index (χ1n) is 5.50. The molecular weight excluding hydrogens is 271 g/mol. The number of carbonyl (C=O) groups is 1. The van der Waals surface area contributed by atoms with Crippen molar-refractivity contribution in [1.82, 2.24) is 9.38 Å². The Labute approximate surface area is 112 Å². The molecule has 0 radical (unpaired) electrons. The number of benzene rings is 1. The fraction of sp³-hybridized carbons (Fsp3) is 0.0769. The van der Waals surface area contributed by atoms with E-state index >= 15 is 0 Å². The third-order valence-electron chi connectivity index (χ3n) is 2.78. The lowest BCUT2D eigenvalue weighted by Crippen LogP contribution is -1.99. The molecule has 0 bridgehead atoms. The number of rotatable bonds is 2.